The minimum Gasteiger partial charge on any atom is -0.465 e. The number of carbonyl (C=O) groups is 2. The molecule has 4 nitrogen and oxygen atoms in total. The Morgan fingerprint density at radius 3 is 2.61 bits per heavy atom. The number of ketones is 1. The molecule has 0 saturated carbocycles. The molecule has 2 N–H and O–H groups in total. The van der Waals surface area contributed by atoms with Crippen molar-refractivity contribution in [1.82, 2.24) is 0 Å². The normalized spacial score (nSPS) is 12.0. The molecule has 0 aliphatic carbocycles. The zero-order chi connectivity index (χ0) is 13.7. The maximum atomic E-state index is 11.9. The van der Waals surface area contributed by atoms with Crippen molar-refractivity contribution < 1.29 is 14.3 Å². The van der Waals surface area contributed by atoms with Gasteiger partial charge in [0.05, 0.1) is 11.6 Å². The minimum atomic E-state index is -0.982. The third-order valence-electron chi connectivity index (χ3n) is 2.23. The second-order valence-corrected chi connectivity index (χ2v) is 4.45. The zero-order valence-electron chi connectivity index (χ0n) is 9.78. The lowest BCUT2D eigenvalue weighted by molar-refractivity contribution is -0.144. The van der Waals surface area contributed by atoms with Crippen molar-refractivity contribution >= 4 is 35.0 Å². The van der Waals surface area contributed by atoms with Gasteiger partial charge in [0.15, 0.2) is 5.78 Å². The summed E-state index contributed by atoms with van der Waals surface area (Å²) in [4.78, 5) is 23.2. The van der Waals surface area contributed by atoms with Crippen molar-refractivity contribution in [1.29, 1.82) is 0 Å². The summed E-state index contributed by atoms with van der Waals surface area (Å²) in [6.45, 7) is 1.89. The predicted octanol–water partition coefficient (Wildman–Crippen LogP) is 2.46. The van der Waals surface area contributed by atoms with Crippen molar-refractivity contribution in [2.75, 3.05) is 6.61 Å². The molecule has 18 heavy (non-hydrogen) atoms. The summed E-state index contributed by atoms with van der Waals surface area (Å²) in [5, 5.41) is 0.676. The van der Waals surface area contributed by atoms with E-state index in [-0.39, 0.29) is 23.8 Å². The van der Waals surface area contributed by atoms with E-state index < -0.39 is 12.0 Å². The lowest BCUT2D eigenvalue weighted by Gasteiger charge is -2.10. The lowest BCUT2D eigenvalue weighted by Crippen LogP contribution is -2.34. The van der Waals surface area contributed by atoms with Gasteiger partial charge in [-0.15, -0.1) is 0 Å². The summed E-state index contributed by atoms with van der Waals surface area (Å²) in [6.07, 6.45) is -0.153. The summed E-state index contributed by atoms with van der Waals surface area (Å²) in [6, 6.07) is 3.54. The molecule has 1 aromatic carbocycles. The highest BCUT2D eigenvalue weighted by Gasteiger charge is 2.20. The molecule has 0 aromatic heterocycles. The third-order valence-corrected chi connectivity index (χ3v) is 2.77. The fraction of sp³-hybridized carbons (Fsp3) is 0.333. The van der Waals surface area contributed by atoms with Gasteiger partial charge in [0, 0.05) is 17.0 Å². The molecule has 1 atom stereocenters. The first-order chi connectivity index (χ1) is 8.45. The van der Waals surface area contributed by atoms with Gasteiger partial charge in [-0.1, -0.05) is 23.2 Å². The van der Waals surface area contributed by atoms with Gasteiger partial charge in [0.2, 0.25) is 0 Å². The number of esters is 1. The first-order valence-electron chi connectivity index (χ1n) is 5.36. The van der Waals surface area contributed by atoms with Crippen LogP contribution in [0.3, 0.4) is 0 Å². The fourth-order valence-corrected chi connectivity index (χ4v) is 1.87. The van der Waals surface area contributed by atoms with E-state index in [0.717, 1.165) is 0 Å². The van der Waals surface area contributed by atoms with Gasteiger partial charge in [0.1, 0.15) is 6.04 Å². The van der Waals surface area contributed by atoms with E-state index in [1.54, 1.807) is 13.0 Å². The van der Waals surface area contributed by atoms with E-state index in [1.165, 1.54) is 12.1 Å². The number of ether oxygens (including phenoxy) is 1. The molecule has 98 valence electrons. The second-order valence-electron chi connectivity index (χ2n) is 3.61. The molecule has 0 saturated heterocycles. The van der Waals surface area contributed by atoms with Crippen molar-refractivity contribution in [3.8, 4) is 0 Å². The molecule has 1 rings (SSSR count). The van der Waals surface area contributed by atoms with Gasteiger partial charge in [-0.05, 0) is 25.1 Å². The highest BCUT2D eigenvalue weighted by Crippen LogP contribution is 2.22. The SMILES string of the molecule is CCOC(=O)C(N)CC(=O)c1ccc(Cl)cc1Cl. The topological polar surface area (TPSA) is 69.4 Å². The van der Waals surface area contributed by atoms with Crippen molar-refractivity contribution in [2.45, 2.75) is 19.4 Å². The number of rotatable bonds is 5. The van der Waals surface area contributed by atoms with Crippen molar-refractivity contribution in [3.63, 3.8) is 0 Å². The van der Waals surface area contributed by atoms with Crippen LogP contribution < -0.4 is 5.73 Å². The van der Waals surface area contributed by atoms with Crippen LogP contribution in [-0.2, 0) is 9.53 Å². The third kappa shape index (κ3) is 3.98. The number of hydrogen-bond acceptors (Lipinski definition) is 4. The van der Waals surface area contributed by atoms with Gasteiger partial charge in [-0.2, -0.15) is 0 Å². The molecule has 0 aliphatic rings. The Morgan fingerprint density at radius 1 is 1.39 bits per heavy atom. The molecule has 1 unspecified atom stereocenters. The molecular formula is C12H13Cl2NO3. The second kappa shape index (κ2) is 6.73. The average Bonchev–Trinajstić information content (AvgIpc) is 2.28. The van der Waals surface area contributed by atoms with Gasteiger partial charge in [0.25, 0.3) is 0 Å². The van der Waals surface area contributed by atoms with Crippen LogP contribution in [0.4, 0.5) is 0 Å². The maximum absolute atomic E-state index is 11.9. The zero-order valence-corrected chi connectivity index (χ0v) is 11.3. The van der Waals surface area contributed by atoms with Gasteiger partial charge < -0.3 is 10.5 Å². The van der Waals surface area contributed by atoms with Gasteiger partial charge >= 0.3 is 5.97 Å². The van der Waals surface area contributed by atoms with E-state index in [2.05, 4.69) is 0 Å². The van der Waals surface area contributed by atoms with Gasteiger partial charge in [-0.3, -0.25) is 9.59 Å². The van der Waals surface area contributed by atoms with Crippen LogP contribution in [0.1, 0.15) is 23.7 Å². The first kappa shape index (κ1) is 15.0. The standard InChI is InChI=1S/C12H13Cl2NO3/c1-2-18-12(17)10(15)6-11(16)8-4-3-7(13)5-9(8)14/h3-5,10H,2,6,15H2,1H3. The highest BCUT2D eigenvalue weighted by molar-refractivity contribution is 6.36. The molecule has 6 heteroatoms. The van der Waals surface area contributed by atoms with Crippen molar-refractivity contribution in [3.05, 3.63) is 33.8 Å². The molecular weight excluding hydrogens is 277 g/mol. The summed E-state index contributed by atoms with van der Waals surface area (Å²) in [5.41, 5.74) is 5.85. The smallest absolute Gasteiger partial charge is 0.323 e. The molecule has 0 bridgehead atoms. The molecule has 0 amide bonds. The van der Waals surface area contributed by atoms with Crippen LogP contribution in [0, 0.1) is 0 Å². The molecule has 0 spiro atoms. The highest BCUT2D eigenvalue weighted by atomic mass is 35.5. The predicted molar refractivity (Wildman–Crippen MR) is 70.0 cm³/mol. The number of halogens is 2. The van der Waals surface area contributed by atoms with E-state index >= 15 is 0 Å². The van der Waals surface area contributed by atoms with E-state index in [4.69, 9.17) is 33.7 Å². The summed E-state index contributed by atoms with van der Waals surface area (Å²) >= 11 is 11.6. The fourth-order valence-electron chi connectivity index (χ4n) is 1.36. The first-order valence-corrected chi connectivity index (χ1v) is 6.11. The monoisotopic (exact) mass is 289 g/mol. The van der Waals surface area contributed by atoms with E-state index in [9.17, 15) is 9.59 Å². The van der Waals surface area contributed by atoms with E-state index in [0.29, 0.717) is 10.6 Å². The molecule has 0 heterocycles. The van der Waals surface area contributed by atoms with Gasteiger partial charge in [-0.25, -0.2) is 0 Å². The minimum absolute atomic E-state index is 0.153. The Kier molecular flexibility index (Phi) is 5.59. The average molecular weight is 290 g/mol. The van der Waals surface area contributed by atoms with Crippen molar-refractivity contribution in [2.24, 2.45) is 5.73 Å². The Bertz CT molecular complexity index is 463. The van der Waals surface area contributed by atoms with Crippen LogP contribution >= 0.6 is 23.2 Å². The largest absolute Gasteiger partial charge is 0.465 e. The quantitative estimate of drug-likeness (QED) is 0.668. The molecule has 0 fully saturated rings. The molecule has 0 aliphatic heterocycles. The maximum Gasteiger partial charge on any atom is 0.323 e. The lowest BCUT2D eigenvalue weighted by atomic mass is 10.0. The summed E-state index contributed by atoms with van der Waals surface area (Å²) in [7, 11) is 0. The molecule has 0 radical (unpaired) electrons. The van der Waals surface area contributed by atoms with Crippen LogP contribution in [0.5, 0.6) is 0 Å². The number of benzene rings is 1. The number of hydrogen-bond donors (Lipinski definition) is 1. The summed E-state index contributed by atoms with van der Waals surface area (Å²) in [5.74, 6) is -0.923. The number of nitrogens with two attached hydrogens (primary N) is 1. The summed E-state index contributed by atoms with van der Waals surface area (Å²) < 4.78 is 4.72. The van der Waals surface area contributed by atoms with Crippen LogP contribution in [0.15, 0.2) is 18.2 Å². The Balaban J connectivity index is 2.73. The Morgan fingerprint density at radius 2 is 2.06 bits per heavy atom. The molecule has 1 aromatic rings. The number of carbonyl (C=O) groups excluding carboxylic acids is 2. The Labute approximate surface area is 115 Å². The van der Waals surface area contributed by atoms with Crippen LogP contribution in [-0.4, -0.2) is 24.4 Å². The number of Topliss-reactive ketones (excluding diaryl/α,β-unsaturated/α-hetero) is 1. The Hall–Kier alpha value is -1.10. The van der Waals surface area contributed by atoms with E-state index in [1.807, 2.05) is 0 Å². The van der Waals surface area contributed by atoms with Crippen LogP contribution in [0.2, 0.25) is 10.0 Å². The van der Waals surface area contributed by atoms with Crippen LogP contribution in [0.25, 0.3) is 0 Å².